The zero-order valence-corrected chi connectivity index (χ0v) is 10.1. The standard InChI is InChI=1S/C14H14N2O2/c1-10-2-5-12(8-15-10)14(18)16-13-6-3-11(9-17)4-7-13/h2-8,17H,9H2,1H3,(H,16,18). The molecule has 2 rings (SSSR count). The molecule has 92 valence electrons. The van der Waals surface area contributed by atoms with Crippen LogP contribution < -0.4 is 5.32 Å². The van der Waals surface area contributed by atoms with Gasteiger partial charge in [-0.2, -0.15) is 0 Å². The molecule has 4 heteroatoms. The molecule has 1 aromatic heterocycles. The first kappa shape index (κ1) is 12.3. The molecule has 1 aromatic carbocycles. The van der Waals surface area contributed by atoms with E-state index in [1.807, 2.05) is 6.92 Å². The molecule has 0 aliphatic rings. The van der Waals surface area contributed by atoms with Crippen molar-refractivity contribution in [2.24, 2.45) is 0 Å². The van der Waals surface area contributed by atoms with Crippen LogP contribution >= 0.6 is 0 Å². The summed E-state index contributed by atoms with van der Waals surface area (Å²) < 4.78 is 0. The maximum Gasteiger partial charge on any atom is 0.257 e. The van der Waals surface area contributed by atoms with E-state index in [4.69, 9.17) is 5.11 Å². The van der Waals surface area contributed by atoms with Crippen LogP contribution in [-0.2, 0) is 6.61 Å². The fourth-order valence-electron chi connectivity index (χ4n) is 1.50. The van der Waals surface area contributed by atoms with Crippen molar-refractivity contribution < 1.29 is 9.90 Å². The summed E-state index contributed by atoms with van der Waals surface area (Å²) >= 11 is 0. The second kappa shape index (κ2) is 5.42. The average Bonchev–Trinajstić information content (AvgIpc) is 2.40. The number of carbonyl (C=O) groups is 1. The lowest BCUT2D eigenvalue weighted by molar-refractivity contribution is 0.102. The molecule has 0 aliphatic heterocycles. The highest BCUT2D eigenvalue weighted by atomic mass is 16.3. The van der Waals surface area contributed by atoms with Gasteiger partial charge in [0.1, 0.15) is 0 Å². The van der Waals surface area contributed by atoms with Crippen molar-refractivity contribution in [3.8, 4) is 0 Å². The summed E-state index contributed by atoms with van der Waals surface area (Å²) in [7, 11) is 0. The number of carbonyl (C=O) groups excluding carboxylic acids is 1. The van der Waals surface area contributed by atoms with Gasteiger partial charge in [-0.3, -0.25) is 9.78 Å². The fraction of sp³-hybridized carbons (Fsp3) is 0.143. The molecule has 0 saturated heterocycles. The Morgan fingerprint density at radius 1 is 1.22 bits per heavy atom. The summed E-state index contributed by atoms with van der Waals surface area (Å²) in [5.41, 5.74) is 2.90. The Morgan fingerprint density at radius 2 is 1.94 bits per heavy atom. The minimum Gasteiger partial charge on any atom is -0.392 e. The second-order valence-electron chi connectivity index (χ2n) is 4.00. The number of aliphatic hydroxyl groups is 1. The second-order valence-corrected chi connectivity index (χ2v) is 4.00. The summed E-state index contributed by atoms with van der Waals surface area (Å²) in [6.07, 6.45) is 1.55. The quantitative estimate of drug-likeness (QED) is 0.866. The Labute approximate surface area is 105 Å². The maximum atomic E-state index is 11.9. The van der Waals surface area contributed by atoms with Crippen molar-refractivity contribution in [3.63, 3.8) is 0 Å². The highest BCUT2D eigenvalue weighted by Crippen LogP contribution is 2.11. The maximum absolute atomic E-state index is 11.9. The zero-order chi connectivity index (χ0) is 13.0. The molecule has 18 heavy (non-hydrogen) atoms. The predicted molar refractivity (Wildman–Crippen MR) is 69.3 cm³/mol. The minimum atomic E-state index is -0.195. The molecule has 0 fully saturated rings. The first-order valence-corrected chi connectivity index (χ1v) is 5.63. The van der Waals surface area contributed by atoms with Crippen LogP contribution in [0.15, 0.2) is 42.6 Å². The van der Waals surface area contributed by atoms with Crippen molar-refractivity contribution in [2.75, 3.05) is 5.32 Å². The number of hydrogen-bond donors (Lipinski definition) is 2. The number of rotatable bonds is 3. The van der Waals surface area contributed by atoms with E-state index in [9.17, 15) is 4.79 Å². The van der Waals surface area contributed by atoms with Gasteiger partial charge in [-0.15, -0.1) is 0 Å². The van der Waals surface area contributed by atoms with E-state index < -0.39 is 0 Å². The molecule has 0 radical (unpaired) electrons. The summed E-state index contributed by atoms with van der Waals surface area (Å²) in [6.45, 7) is 1.87. The lowest BCUT2D eigenvalue weighted by atomic mass is 10.2. The third-order valence-electron chi connectivity index (χ3n) is 2.57. The van der Waals surface area contributed by atoms with Gasteiger partial charge in [0.15, 0.2) is 0 Å². The highest BCUT2D eigenvalue weighted by Gasteiger charge is 2.05. The van der Waals surface area contributed by atoms with Gasteiger partial charge in [-0.25, -0.2) is 0 Å². The van der Waals surface area contributed by atoms with Crippen LogP contribution in [-0.4, -0.2) is 16.0 Å². The van der Waals surface area contributed by atoms with Gasteiger partial charge in [-0.05, 0) is 36.8 Å². The zero-order valence-electron chi connectivity index (χ0n) is 10.1. The Balaban J connectivity index is 2.08. The molecule has 0 unspecified atom stereocenters. The fourth-order valence-corrected chi connectivity index (χ4v) is 1.50. The number of nitrogens with one attached hydrogen (secondary N) is 1. The largest absolute Gasteiger partial charge is 0.392 e. The van der Waals surface area contributed by atoms with Gasteiger partial charge in [-0.1, -0.05) is 12.1 Å². The number of amides is 1. The van der Waals surface area contributed by atoms with Crippen LogP contribution in [0.3, 0.4) is 0 Å². The Hall–Kier alpha value is -2.20. The van der Waals surface area contributed by atoms with Gasteiger partial charge >= 0.3 is 0 Å². The predicted octanol–water partition coefficient (Wildman–Crippen LogP) is 2.13. The normalized spacial score (nSPS) is 10.1. The van der Waals surface area contributed by atoms with E-state index in [-0.39, 0.29) is 12.5 Å². The number of hydrogen-bond acceptors (Lipinski definition) is 3. The van der Waals surface area contributed by atoms with Gasteiger partial charge in [0.05, 0.1) is 12.2 Å². The van der Waals surface area contributed by atoms with Crippen LogP contribution in [0.4, 0.5) is 5.69 Å². The van der Waals surface area contributed by atoms with Crippen LogP contribution in [0.5, 0.6) is 0 Å². The smallest absolute Gasteiger partial charge is 0.257 e. The number of anilines is 1. The monoisotopic (exact) mass is 242 g/mol. The summed E-state index contributed by atoms with van der Waals surface area (Å²) in [4.78, 5) is 16.0. The Morgan fingerprint density at radius 3 is 2.50 bits per heavy atom. The number of aryl methyl sites for hydroxylation is 1. The molecule has 0 aliphatic carbocycles. The van der Waals surface area contributed by atoms with E-state index in [2.05, 4.69) is 10.3 Å². The van der Waals surface area contributed by atoms with Crippen molar-refractivity contribution >= 4 is 11.6 Å². The summed E-state index contributed by atoms with van der Waals surface area (Å²) in [5.74, 6) is -0.195. The van der Waals surface area contributed by atoms with Crippen molar-refractivity contribution in [1.29, 1.82) is 0 Å². The molecular formula is C14H14N2O2. The number of aromatic nitrogens is 1. The molecule has 2 N–H and O–H groups in total. The molecule has 4 nitrogen and oxygen atoms in total. The Kier molecular flexibility index (Phi) is 3.69. The van der Waals surface area contributed by atoms with Crippen LogP contribution in [0.25, 0.3) is 0 Å². The van der Waals surface area contributed by atoms with Crippen LogP contribution in [0.2, 0.25) is 0 Å². The summed E-state index contributed by atoms with van der Waals surface area (Å²) in [5, 5.41) is 11.7. The van der Waals surface area contributed by atoms with Crippen molar-refractivity contribution in [2.45, 2.75) is 13.5 Å². The third-order valence-corrected chi connectivity index (χ3v) is 2.57. The molecule has 0 saturated carbocycles. The van der Waals surface area contributed by atoms with E-state index in [0.717, 1.165) is 11.3 Å². The van der Waals surface area contributed by atoms with Gasteiger partial charge in [0.2, 0.25) is 0 Å². The van der Waals surface area contributed by atoms with Crippen LogP contribution in [0.1, 0.15) is 21.6 Å². The van der Waals surface area contributed by atoms with Crippen molar-refractivity contribution in [1.82, 2.24) is 4.98 Å². The lowest BCUT2D eigenvalue weighted by Crippen LogP contribution is -2.12. The average molecular weight is 242 g/mol. The van der Waals surface area contributed by atoms with Crippen molar-refractivity contribution in [3.05, 3.63) is 59.4 Å². The topological polar surface area (TPSA) is 62.2 Å². The van der Waals surface area contributed by atoms with E-state index in [0.29, 0.717) is 11.3 Å². The van der Waals surface area contributed by atoms with E-state index in [1.54, 1.807) is 42.6 Å². The lowest BCUT2D eigenvalue weighted by Gasteiger charge is -2.05. The molecule has 0 bridgehead atoms. The number of aliphatic hydroxyl groups excluding tert-OH is 1. The van der Waals surface area contributed by atoms with Gasteiger partial charge in [0, 0.05) is 17.6 Å². The molecule has 2 aromatic rings. The first-order chi connectivity index (χ1) is 8.69. The first-order valence-electron chi connectivity index (χ1n) is 5.63. The highest BCUT2D eigenvalue weighted by molar-refractivity contribution is 6.04. The molecule has 1 heterocycles. The number of nitrogens with zero attached hydrogens (tertiary/aromatic N) is 1. The Bertz CT molecular complexity index is 533. The molecule has 1 amide bonds. The number of benzene rings is 1. The number of pyridine rings is 1. The van der Waals surface area contributed by atoms with Gasteiger partial charge < -0.3 is 10.4 Å². The van der Waals surface area contributed by atoms with E-state index >= 15 is 0 Å². The third kappa shape index (κ3) is 2.93. The van der Waals surface area contributed by atoms with E-state index in [1.165, 1.54) is 0 Å². The SMILES string of the molecule is Cc1ccc(C(=O)Nc2ccc(CO)cc2)cn1. The van der Waals surface area contributed by atoms with Crippen LogP contribution in [0, 0.1) is 6.92 Å². The minimum absolute atomic E-state index is 0.00386. The molecule has 0 atom stereocenters. The molecule has 0 spiro atoms. The van der Waals surface area contributed by atoms with Gasteiger partial charge in [0.25, 0.3) is 5.91 Å². The molecular weight excluding hydrogens is 228 g/mol. The summed E-state index contributed by atoms with van der Waals surface area (Å²) in [6, 6.07) is 10.6.